The minimum Gasteiger partial charge on any atom is -0.444 e. The summed E-state index contributed by atoms with van der Waals surface area (Å²) in [6.07, 6.45) is 1.77. The van der Waals surface area contributed by atoms with Gasteiger partial charge in [0.2, 0.25) is 5.91 Å². The third kappa shape index (κ3) is 13.2. The molecular formula is C25H43N3O5. The van der Waals surface area contributed by atoms with Crippen LogP contribution in [-0.2, 0) is 25.4 Å². The lowest BCUT2D eigenvalue weighted by molar-refractivity contribution is -0.159. The third-order valence-corrected chi connectivity index (χ3v) is 4.83. The summed E-state index contributed by atoms with van der Waals surface area (Å²) in [5.74, 6) is -0.115. The van der Waals surface area contributed by atoms with Crippen molar-refractivity contribution in [3.05, 3.63) is 35.9 Å². The molecular weight excluding hydrogens is 422 g/mol. The van der Waals surface area contributed by atoms with Gasteiger partial charge < -0.3 is 30.2 Å². The first-order valence-electron chi connectivity index (χ1n) is 11.9. The highest BCUT2D eigenvalue weighted by Crippen LogP contribution is 2.10. The molecule has 0 saturated heterocycles. The summed E-state index contributed by atoms with van der Waals surface area (Å²) in [7, 11) is 0. The number of unbranched alkanes of at least 4 members (excludes halogenated alkanes) is 1. The van der Waals surface area contributed by atoms with Gasteiger partial charge in [-0.2, -0.15) is 0 Å². The van der Waals surface area contributed by atoms with Gasteiger partial charge in [-0.25, -0.2) is 4.79 Å². The van der Waals surface area contributed by atoms with E-state index in [-0.39, 0.29) is 5.91 Å². The Morgan fingerprint density at radius 3 is 2.27 bits per heavy atom. The molecule has 0 spiro atoms. The van der Waals surface area contributed by atoms with E-state index in [1.54, 1.807) is 4.90 Å². The zero-order valence-corrected chi connectivity index (χ0v) is 21.0. The fraction of sp³-hybridized carbons (Fsp3) is 0.680. The molecule has 3 N–H and O–H groups in total. The predicted octanol–water partition coefficient (Wildman–Crippen LogP) is 3.48. The Bertz CT molecular complexity index is 672. The van der Waals surface area contributed by atoms with Gasteiger partial charge >= 0.3 is 6.09 Å². The Morgan fingerprint density at radius 2 is 1.70 bits per heavy atom. The SMILES string of the molecule is CCOC(CN(CCc1ccccc1)C(=O)[C@@H](N)CCCCNC(=O)OC(C)(C)C)OCC. The Morgan fingerprint density at radius 1 is 1.06 bits per heavy atom. The van der Waals surface area contributed by atoms with Crippen LogP contribution < -0.4 is 11.1 Å². The Labute approximate surface area is 199 Å². The second kappa shape index (κ2) is 15.6. The van der Waals surface area contributed by atoms with Gasteiger partial charge in [-0.1, -0.05) is 30.3 Å². The second-order valence-corrected chi connectivity index (χ2v) is 8.89. The molecule has 1 aromatic carbocycles. The van der Waals surface area contributed by atoms with E-state index in [9.17, 15) is 9.59 Å². The smallest absolute Gasteiger partial charge is 0.407 e. The summed E-state index contributed by atoms with van der Waals surface area (Å²) in [6.45, 7) is 11.6. The molecule has 0 aliphatic rings. The van der Waals surface area contributed by atoms with E-state index in [0.717, 1.165) is 18.4 Å². The number of hydrogen-bond acceptors (Lipinski definition) is 6. The lowest BCUT2D eigenvalue weighted by Gasteiger charge is -2.29. The van der Waals surface area contributed by atoms with E-state index < -0.39 is 24.0 Å². The first-order chi connectivity index (χ1) is 15.7. The molecule has 0 bridgehead atoms. The zero-order valence-electron chi connectivity index (χ0n) is 21.0. The summed E-state index contributed by atoms with van der Waals surface area (Å²) in [6, 6.07) is 9.42. The number of carbonyl (C=O) groups excluding carboxylic acids is 2. The molecule has 0 aliphatic carbocycles. The summed E-state index contributed by atoms with van der Waals surface area (Å²) in [4.78, 5) is 26.6. The van der Waals surface area contributed by atoms with Crippen LogP contribution in [0.1, 0.15) is 59.4 Å². The normalized spacial score (nSPS) is 12.5. The summed E-state index contributed by atoms with van der Waals surface area (Å²) < 4.78 is 16.5. The van der Waals surface area contributed by atoms with Gasteiger partial charge in [0.1, 0.15) is 5.60 Å². The van der Waals surface area contributed by atoms with Crippen LogP contribution in [0.25, 0.3) is 0 Å². The average Bonchev–Trinajstić information content (AvgIpc) is 2.75. The fourth-order valence-electron chi connectivity index (χ4n) is 3.26. The largest absolute Gasteiger partial charge is 0.444 e. The molecule has 1 aromatic rings. The maximum absolute atomic E-state index is 13.1. The van der Waals surface area contributed by atoms with E-state index in [4.69, 9.17) is 19.9 Å². The second-order valence-electron chi connectivity index (χ2n) is 8.89. The van der Waals surface area contributed by atoms with Crippen molar-refractivity contribution in [2.45, 2.75) is 78.2 Å². The highest BCUT2D eigenvalue weighted by atomic mass is 16.7. The summed E-state index contributed by atoms with van der Waals surface area (Å²) >= 11 is 0. The van der Waals surface area contributed by atoms with Crippen LogP contribution in [0.3, 0.4) is 0 Å². The van der Waals surface area contributed by atoms with Crippen LogP contribution in [-0.4, -0.2) is 67.7 Å². The first-order valence-corrected chi connectivity index (χ1v) is 11.9. The fourth-order valence-corrected chi connectivity index (χ4v) is 3.26. The van der Waals surface area contributed by atoms with Crippen LogP contribution in [0.15, 0.2) is 30.3 Å². The van der Waals surface area contributed by atoms with Crippen LogP contribution >= 0.6 is 0 Å². The maximum Gasteiger partial charge on any atom is 0.407 e. The van der Waals surface area contributed by atoms with Gasteiger partial charge in [0.15, 0.2) is 6.29 Å². The minimum absolute atomic E-state index is 0.115. The van der Waals surface area contributed by atoms with Gasteiger partial charge in [-0.3, -0.25) is 4.79 Å². The van der Waals surface area contributed by atoms with Crippen LogP contribution in [0, 0.1) is 0 Å². The van der Waals surface area contributed by atoms with Crippen molar-refractivity contribution in [3.63, 3.8) is 0 Å². The molecule has 0 heterocycles. The lowest BCUT2D eigenvalue weighted by atomic mass is 10.1. The highest BCUT2D eigenvalue weighted by molar-refractivity contribution is 5.81. The molecule has 0 unspecified atom stereocenters. The molecule has 188 valence electrons. The van der Waals surface area contributed by atoms with Gasteiger partial charge in [-0.05, 0) is 65.9 Å². The molecule has 8 nitrogen and oxygen atoms in total. The van der Waals surface area contributed by atoms with Crippen molar-refractivity contribution < 1.29 is 23.8 Å². The molecule has 0 aromatic heterocycles. The number of alkyl carbamates (subject to hydrolysis) is 1. The number of amides is 2. The van der Waals surface area contributed by atoms with Crippen molar-refractivity contribution in [1.82, 2.24) is 10.2 Å². The van der Waals surface area contributed by atoms with Gasteiger partial charge in [0, 0.05) is 26.3 Å². The van der Waals surface area contributed by atoms with Crippen molar-refractivity contribution in [3.8, 4) is 0 Å². The quantitative estimate of drug-likeness (QED) is 0.304. The topological polar surface area (TPSA) is 103 Å². The predicted molar refractivity (Wildman–Crippen MR) is 130 cm³/mol. The van der Waals surface area contributed by atoms with E-state index in [0.29, 0.717) is 45.7 Å². The number of benzene rings is 1. The van der Waals surface area contributed by atoms with Crippen LogP contribution in [0.4, 0.5) is 4.79 Å². The van der Waals surface area contributed by atoms with E-state index >= 15 is 0 Å². The molecule has 33 heavy (non-hydrogen) atoms. The number of hydrogen-bond donors (Lipinski definition) is 2. The van der Waals surface area contributed by atoms with Crippen molar-refractivity contribution in [2.75, 3.05) is 32.8 Å². The van der Waals surface area contributed by atoms with Crippen molar-refractivity contribution >= 4 is 12.0 Å². The monoisotopic (exact) mass is 465 g/mol. The standard InChI is InChI=1S/C25H43N3O5/c1-6-31-22(32-7-2)19-28(18-16-20-13-9-8-10-14-20)23(29)21(26)15-11-12-17-27-24(30)33-25(3,4)5/h8-10,13-14,21-22H,6-7,11-12,15-19,26H2,1-5H3,(H,27,30)/t21-/m0/s1. The molecule has 0 fully saturated rings. The molecule has 1 rings (SSSR count). The minimum atomic E-state index is -0.619. The molecule has 0 radical (unpaired) electrons. The number of nitrogens with zero attached hydrogens (tertiary/aromatic N) is 1. The number of carbonyl (C=O) groups is 2. The van der Waals surface area contributed by atoms with Crippen LogP contribution in [0.2, 0.25) is 0 Å². The highest BCUT2D eigenvalue weighted by Gasteiger charge is 2.24. The Balaban J connectivity index is 2.58. The third-order valence-electron chi connectivity index (χ3n) is 4.83. The number of nitrogens with one attached hydrogen (secondary N) is 1. The molecule has 0 saturated carbocycles. The summed E-state index contributed by atoms with van der Waals surface area (Å²) in [5.41, 5.74) is 6.88. The molecule has 1 atom stereocenters. The van der Waals surface area contributed by atoms with E-state index in [2.05, 4.69) is 5.32 Å². The van der Waals surface area contributed by atoms with E-state index in [1.165, 1.54) is 0 Å². The van der Waals surface area contributed by atoms with Crippen LogP contribution in [0.5, 0.6) is 0 Å². The van der Waals surface area contributed by atoms with Gasteiger partial charge in [-0.15, -0.1) is 0 Å². The van der Waals surface area contributed by atoms with Gasteiger partial charge in [0.05, 0.1) is 12.6 Å². The lowest BCUT2D eigenvalue weighted by Crippen LogP contribution is -2.48. The molecule has 0 aliphatic heterocycles. The van der Waals surface area contributed by atoms with Gasteiger partial charge in [0.25, 0.3) is 0 Å². The maximum atomic E-state index is 13.1. The number of rotatable bonds is 15. The average molecular weight is 466 g/mol. The summed E-state index contributed by atoms with van der Waals surface area (Å²) in [5, 5.41) is 2.73. The number of nitrogens with two attached hydrogens (primary N) is 1. The Hall–Kier alpha value is -2.16. The Kier molecular flexibility index (Phi) is 13.7. The number of ether oxygens (including phenoxy) is 3. The zero-order chi connectivity index (χ0) is 24.7. The molecule has 8 heteroatoms. The molecule has 2 amide bonds. The first kappa shape index (κ1) is 28.9. The van der Waals surface area contributed by atoms with Crippen molar-refractivity contribution in [2.24, 2.45) is 5.73 Å². The van der Waals surface area contributed by atoms with Crippen molar-refractivity contribution in [1.29, 1.82) is 0 Å². The van der Waals surface area contributed by atoms with E-state index in [1.807, 2.05) is 65.0 Å².